The van der Waals surface area contributed by atoms with Crippen molar-refractivity contribution in [2.45, 2.75) is 82.4 Å². The van der Waals surface area contributed by atoms with E-state index in [0.29, 0.717) is 40.8 Å². The Morgan fingerprint density at radius 1 is 1.13 bits per heavy atom. The maximum atomic E-state index is 14.9. The Morgan fingerprint density at radius 2 is 1.85 bits per heavy atom. The van der Waals surface area contributed by atoms with Gasteiger partial charge in [-0.1, -0.05) is 38.4 Å². The number of aromatic nitrogens is 1. The fourth-order valence-electron chi connectivity index (χ4n) is 6.89. The first kappa shape index (κ1) is 38.2. The number of carbonyl (C=O) groups is 3. The summed E-state index contributed by atoms with van der Waals surface area (Å²) in [5.41, 5.74) is -2.86. The Morgan fingerprint density at radius 3 is 2.45 bits per heavy atom. The number of hydrogen-bond donors (Lipinski definition) is 2. The Balaban J connectivity index is 1.37. The number of imide groups is 1. The number of anilines is 1. The molecule has 53 heavy (non-hydrogen) atoms. The van der Waals surface area contributed by atoms with E-state index in [1.165, 1.54) is 30.3 Å². The molecule has 0 radical (unpaired) electrons. The van der Waals surface area contributed by atoms with Crippen molar-refractivity contribution < 1.29 is 41.1 Å². The lowest BCUT2D eigenvalue weighted by molar-refractivity contribution is -0.141. The molecular formula is C37H42ClF2N5O7S. The summed E-state index contributed by atoms with van der Waals surface area (Å²) in [4.78, 5) is 50.7. The van der Waals surface area contributed by atoms with Crippen LogP contribution in [0, 0.1) is 23.0 Å². The second kappa shape index (κ2) is 14.0. The van der Waals surface area contributed by atoms with Gasteiger partial charge in [0.2, 0.25) is 15.9 Å². The van der Waals surface area contributed by atoms with Crippen LogP contribution in [0.4, 0.5) is 19.3 Å². The number of rotatable bonds is 11. The summed E-state index contributed by atoms with van der Waals surface area (Å²) in [5.74, 6) is -4.16. The highest BCUT2D eigenvalue weighted by atomic mass is 35.5. The lowest BCUT2D eigenvalue weighted by Crippen LogP contribution is -2.64. The summed E-state index contributed by atoms with van der Waals surface area (Å²) < 4.78 is 68.2. The van der Waals surface area contributed by atoms with Crippen LogP contribution in [0.25, 0.3) is 10.8 Å². The molecule has 1 aromatic heterocycles. The first-order valence-electron chi connectivity index (χ1n) is 17.2. The minimum absolute atomic E-state index is 0.0207. The van der Waals surface area contributed by atoms with Gasteiger partial charge in [-0.2, -0.15) is 0 Å². The molecule has 2 N–H and O–H groups in total. The summed E-state index contributed by atoms with van der Waals surface area (Å²) >= 11 is 6.30. The van der Waals surface area contributed by atoms with Crippen LogP contribution in [0.2, 0.25) is 5.02 Å². The zero-order valence-electron chi connectivity index (χ0n) is 30.0. The van der Waals surface area contributed by atoms with Crippen LogP contribution in [-0.2, 0) is 19.6 Å². The van der Waals surface area contributed by atoms with E-state index in [2.05, 4.69) is 21.6 Å². The highest BCUT2D eigenvalue weighted by Crippen LogP contribution is 2.52. The van der Waals surface area contributed by atoms with Gasteiger partial charge in [0.25, 0.3) is 11.8 Å². The summed E-state index contributed by atoms with van der Waals surface area (Å²) in [5, 5.41) is 3.93. The Labute approximate surface area is 311 Å². The van der Waals surface area contributed by atoms with Crippen LogP contribution in [-0.4, -0.2) is 83.7 Å². The summed E-state index contributed by atoms with van der Waals surface area (Å²) in [6, 6.07) is 5.57. The molecule has 3 aliphatic rings. The van der Waals surface area contributed by atoms with E-state index in [1.54, 1.807) is 45.9 Å². The average Bonchev–Trinajstić information content (AvgIpc) is 4.02. The van der Waals surface area contributed by atoms with E-state index in [9.17, 15) is 31.6 Å². The van der Waals surface area contributed by atoms with Crippen LogP contribution >= 0.6 is 11.6 Å². The number of amides is 4. The van der Waals surface area contributed by atoms with E-state index in [-0.39, 0.29) is 24.5 Å². The maximum absolute atomic E-state index is 14.9. The Bertz CT molecular complexity index is 2090. The smallest absolute Gasteiger partial charge is 0.328 e. The molecule has 2 saturated carbocycles. The number of nitrogens with one attached hydrogen (secondary N) is 2. The molecule has 2 aliphatic carbocycles. The number of sulfonamides is 1. The Hall–Kier alpha value is -4.50. The standard InChI is InChI=1S/C37H42ClF2N5O7S/c1-7-21-17-37(21,34(47)43-53(49,50)25-10-11-25)45(33(46)31(36(3,4)5)42-23-9-13-28(39)29(40)16-23)35(48)44-19-24(14-20(44)2)52-32-27-15-22(38)8-12-26(27)30(51-6)18-41-32/h7-9,12-13,15-16,18,20-21,24-25,31,42H,1,10-11,14,17,19H2,2-6H3,(H,43,47)/t20?,21-,24-,31-,37-/m1/s1. The zero-order chi connectivity index (χ0) is 38.6. The van der Waals surface area contributed by atoms with Gasteiger partial charge in [0.15, 0.2) is 11.6 Å². The van der Waals surface area contributed by atoms with Gasteiger partial charge in [-0.15, -0.1) is 6.58 Å². The molecule has 3 aromatic rings. The zero-order valence-corrected chi connectivity index (χ0v) is 31.6. The summed E-state index contributed by atoms with van der Waals surface area (Å²) in [7, 11) is -2.57. The summed E-state index contributed by atoms with van der Waals surface area (Å²) in [6.07, 6.45) is 3.32. The number of halogens is 3. The second-order valence-electron chi connectivity index (χ2n) is 15.0. The van der Waals surface area contributed by atoms with Crippen molar-refractivity contribution in [3.8, 4) is 11.6 Å². The fraction of sp³-hybridized carbons (Fsp3) is 0.459. The molecule has 0 spiro atoms. The monoisotopic (exact) mass is 773 g/mol. The maximum Gasteiger partial charge on any atom is 0.328 e. The first-order chi connectivity index (χ1) is 24.9. The number of methoxy groups -OCH3 is 1. The number of likely N-dealkylation sites (tertiary alicyclic amines) is 1. The van der Waals surface area contributed by atoms with Crippen molar-refractivity contribution >= 4 is 55.9 Å². The molecule has 5 atom stereocenters. The molecule has 1 saturated heterocycles. The van der Waals surface area contributed by atoms with E-state index >= 15 is 0 Å². The largest absolute Gasteiger partial charge is 0.494 e. The van der Waals surface area contributed by atoms with Gasteiger partial charge in [0.1, 0.15) is 23.4 Å². The van der Waals surface area contributed by atoms with E-state index < -0.39 is 79.8 Å². The Kier molecular flexibility index (Phi) is 10.1. The lowest BCUT2D eigenvalue weighted by Gasteiger charge is -2.40. The van der Waals surface area contributed by atoms with Gasteiger partial charge in [-0.3, -0.25) is 14.3 Å². The molecule has 4 amide bonds. The minimum atomic E-state index is -4.09. The van der Waals surface area contributed by atoms with Crippen LogP contribution in [0.1, 0.15) is 53.4 Å². The third-order valence-corrected chi connectivity index (χ3v) is 12.1. The van der Waals surface area contributed by atoms with Crippen LogP contribution in [0.5, 0.6) is 11.6 Å². The molecule has 3 fully saturated rings. The van der Waals surface area contributed by atoms with Gasteiger partial charge in [0.05, 0.1) is 25.1 Å². The number of nitrogens with zero attached hydrogens (tertiary/aromatic N) is 3. The van der Waals surface area contributed by atoms with Crippen molar-refractivity contribution in [3.63, 3.8) is 0 Å². The van der Waals surface area contributed by atoms with E-state index in [0.717, 1.165) is 17.0 Å². The van der Waals surface area contributed by atoms with Gasteiger partial charge >= 0.3 is 6.03 Å². The number of ether oxygens (including phenoxy) is 2. The lowest BCUT2D eigenvalue weighted by atomic mass is 9.85. The van der Waals surface area contributed by atoms with Crippen molar-refractivity contribution in [3.05, 3.63) is 71.9 Å². The third-order valence-electron chi connectivity index (χ3n) is 10.1. The number of pyridine rings is 1. The number of urea groups is 1. The molecule has 12 nitrogen and oxygen atoms in total. The molecule has 0 bridgehead atoms. The predicted octanol–water partition coefficient (Wildman–Crippen LogP) is 6.05. The predicted molar refractivity (Wildman–Crippen MR) is 195 cm³/mol. The van der Waals surface area contributed by atoms with Crippen molar-refractivity contribution in [1.82, 2.24) is 19.5 Å². The van der Waals surface area contributed by atoms with E-state index in [1.807, 2.05) is 0 Å². The van der Waals surface area contributed by atoms with Crippen LogP contribution in [0.15, 0.2) is 55.3 Å². The second-order valence-corrected chi connectivity index (χ2v) is 17.4. The first-order valence-corrected chi connectivity index (χ1v) is 19.2. The molecular weight excluding hydrogens is 732 g/mol. The number of hydrogen-bond acceptors (Lipinski definition) is 9. The number of fused-ring (bicyclic) bond motifs is 1. The van der Waals surface area contributed by atoms with Crippen LogP contribution in [0.3, 0.4) is 0 Å². The SMILES string of the molecule is C=C[C@@H]1C[C@@]1(C(=O)NS(=O)(=O)C1CC1)N(C(=O)[C@@H](Nc1ccc(F)c(F)c1)C(C)(C)C)C(=O)N1C[C@H](Oc2ncc(OC)c3ccc(Cl)cc23)CC1C. The highest BCUT2D eigenvalue weighted by molar-refractivity contribution is 7.91. The molecule has 2 aromatic carbocycles. The van der Waals surface area contributed by atoms with Gasteiger partial charge in [-0.05, 0) is 61.9 Å². The van der Waals surface area contributed by atoms with E-state index in [4.69, 9.17) is 21.1 Å². The van der Waals surface area contributed by atoms with Gasteiger partial charge in [0, 0.05) is 45.9 Å². The number of carbonyl (C=O) groups excluding carboxylic acids is 3. The van der Waals surface area contributed by atoms with Crippen molar-refractivity contribution in [1.29, 1.82) is 0 Å². The topological polar surface area (TPSA) is 147 Å². The quantitative estimate of drug-likeness (QED) is 0.223. The third kappa shape index (κ3) is 7.37. The molecule has 284 valence electrons. The molecule has 1 unspecified atom stereocenters. The van der Waals surface area contributed by atoms with Crippen molar-refractivity contribution in [2.24, 2.45) is 11.3 Å². The molecule has 16 heteroatoms. The average molecular weight is 774 g/mol. The molecule has 1 aliphatic heterocycles. The normalized spacial score (nSPS) is 23.2. The highest BCUT2D eigenvalue weighted by Gasteiger charge is 2.68. The van der Waals surface area contributed by atoms with Crippen LogP contribution < -0.4 is 19.5 Å². The molecule has 6 rings (SSSR count). The number of benzene rings is 2. The van der Waals surface area contributed by atoms with Gasteiger partial charge < -0.3 is 19.7 Å². The van der Waals surface area contributed by atoms with Crippen molar-refractivity contribution in [2.75, 3.05) is 19.0 Å². The molecule has 2 heterocycles. The minimum Gasteiger partial charge on any atom is -0.494 e. The van der Waals surface area contributed by atoms with Gasteiger partial charge in [-0.25, -0.2) is 31.9 Å². The summed E-state index contributed by atoms with van der Waals surface area (Å²) in [6.45, 7) is 10.7. The fourth-order valence-corrected chi connectivity index (χ4v) is 8.42.